The molecule has 0 saturated carbocycles. The van der Waals surface area contributed by atoms with E-state index >= 15 is 0 Å². The Balaban J connectivity index is 2.19. The highest BCUT2D eigenvalue weighted by Crippen LogP contribution is 2.30. The first kappa shape index (κ1) is 14.3. The van der Waals surface area contributed by atoms with Gasteiger partial charge >= 0.3 is 0 Å². The van der Waals surface area contributed by atoms with Crippen molar-refractivity contribution in [2.24, 2.45) is 0 Å². The Hall–Kier alpha value is -1.10. The van der Waals surface area contributed by atoms with E-state index in [1.165, 1.54) is 11.8 Å². The van der Waals surface area contributed by atoms with Crippen molar-refractivity contribution in [3.63, 3.8) is 0 Å². The summed E-state index contributed by atoms with van der Waals surface area (Å²) in [5.41, 5.74) is 0.924. The summed E-state index contributed by atoms with van der Waals surface area (Å²) in [5.74, 6) is -0.235. The minimum absolute atomic E-state index is 0.127. The summed E-state index contributed by atoms with van der Waals surface area (Å²) in [6.07, 6.45) is 1.55. The largest absolute Gasteiger partial charge is 0.313 e. The molecule has 1 aromatic heterocycles. The minimum Gasteiger partial charge on any atom is -0.313 e. The molecular weight excluding hydrogens is 283 g/mol. The van der Waals surface area contributed by atoms with Gasteiger partial charge in [0.1, 0.15) is 10.8 Å². The van der Waals surface area contributed by atoms with Crippen LogP contribution in [0.1, 0.15) is 18.5 Å². The fraction of sp³-hybridized carbons (Fsp3) is 0.214. The van der Waals surface area contributed by atoms with Crippen LogP contribution in [0.25, 0.3) is 0 Å². The quantitative estimate of drug-likeness (QED) is 0.910. The molecule has 19 heavy (non-hydrogen) atoms. The van der Waals surface area contributed by atoms with Crippen LogP contribution in [0.5, 0.6) is 0 Å². The van der Waals surface area contributed by atoms with Gasteiger partial charge in [-0.1, -0.05) is 29.4 Å². The molecule has 1 N–H and O–H groups in total. The topological polar surface area (TPSA) is 24.9 Å². The molecule has 0 fully saturated rings. The Morgan fingerprint density at radius 1 is 1.32 bits per heavy atom. The Labute approximate surface area is 121 Å². The van der Waals surface area contributed by atoms with E-state index in [2.05, 4.69) is 10.3 Å². The van der Waals surface area contributed by atoms with E-state index in [9.17, 15) is 4.39 Å². The lowest BCUT2D eigenvalue weighted by atomic mass is 10.1. The maximum Gasteiger partial charge on any atom is 0.137 e. The van der Waals surface area contributed by atoms with Crippen molar-refractivity contribution in [3.05, 3.63) is 52.9 Å². The second kappa shape index (κ2) is 6.37. The summed E-state index contributed by atoms with van der Waals surface area (Å²) in [6, 6.07) is 8.90. The molecule has 1 unspecified atom stereocenters. The molecule has 0 radical (unpaired) electrons. The van der Waals surface area contributed by atoms with E-state index in [1.54, 1.807) is 30.5 Å². The van der Waals surface area contributed by atoms with Crippen LogP contribution in [0.15, 0.2) is 46.5 Å². The average molecular weight is 297 g/mol. The van der Waals surface area contributed by atoms with Crippen molar-refractivity contribution < 1.29 is 4.39 Å². The zero-order valence-corrected chi connectivity index (χ0v) is 12.2. The van der Waals surface area contributed by atoms with Gasteiger partial charge in [0.2, 0.25) is 0 Å². The van der Waals surface area contributed by atoms with Crippen molar-refractivity contribution in [2.45, 2.75) is 22.9 Å². The van der Waals surface area contributed by atoms with Crippen LogP contribution in [-0.4, -0.2) is 12.0 Å². The van der Waals surface area contributed by atoms with E-state index in [-0.39, 0.29) is 11.9 Å². The lowest BCUT2D eigenvalue weighted by Crippen LogP contribution is -2.12. The highest BCUT2D eigenvalue weighted by Gasteiger charge is 2.09. The van der Waals surface area contributed by atoms with Gasteiger partial charge < -0.3 is 5.32 Å². The van der Waals surface area contributed by atoms with Crippen molar-refractivity contribution in [3.8, 4) is 0 Å². The van der Waals surface area contributed by atoms with Crippen LogP contribution in [0.2, 0.25) is 5.02 Å². The Morgan fingerprint density at radius 3 is 2.68 bits per heavy atom. The number of hydrogen-bond donors (Lipinski definition) is 1. The lowest BCUT2D eigenvalue weighted by molar-refractivity contribution is 0.587. The molecule has 100 valence electrons. The second-order valence-electron chi connectivity index (χ2n) is 4.12. The maximum atomic E-state index is 14.0. The van der Waals surface area contributed by atoms with Gasteiger partial charge in [-0.2, -0.15) is 0 Å². The van der Waals surface area contributed by atoms with Crippen molar-refractivity contribution >= 4 is 23.4 Å². The van der Waals surface area contributed by atoms with Crippen LogP contribution < -0.4 is 5.32 Å². The van der Waals surface area contributed by atoms with Crippen molar-refractivity contribution in [1.82, 2.24) is 10.3 Å². The first-order valence-electron chi connectivity index (χ1n) is 5.86. The predicted molar refractivity (Wildman–Crippen MR) is 77.2 cm³/mol. The van der Waals surface area contributed by atoms with Crippen LogP contribution in [0, 0.1) is 5.82 Å². The third-order valence-corrected chi connectivity index (χ3v) is 4.03. The normalized spacial score (nSPS) is 12.4. The van der Waals surface area contributed by atoms with Crippen LogP contribution in [0.4, 0.5) is 4.39 Å². The standard InChI is InChI=1S/C14H14ClFN2S/c1-9(17-2)10-3-5-13(12(16)7-10)19-14-6-4-11(15)8-18-14/h3-9,17H,1-2H3. The molecule has 0 aliphatic rings. The Morgan fingerprint density at radius 2 is 2.11 bits per heavy atom. The van der Waals surface area contributed by atoms with Crippen LogP contribution in [0.3, 0.4) is 0 Å². The Bertz CT molecular complexity index is 560. The Kier molecular flexibility index (Phi) is 4.80. The number of nitrogens with zero attached hydrogens (tertiary/aromatic N) is 1. The first-order valence-corrected chi connectivity index (χ1v) is 7.05. The van der Waals surface area contributed by atoms with Crippen LogP contribution >= 0.6 is 23.4 Å². The zero-order valence-electron chi connectivity index (χ0n) is 10.7. The number of aromatic nitrogens is 1. The molecule has 5 heteroatoms. The molecule has 0 saturated heterocycles. The smallest absolute Gasteiger partial charge is 0.137 e. The fourth-order valence-corrected chi connectivity index (χ4v) is 2.44. The van der Waals surface area contributed by atoms with Gasteiger partial charge in [-0.05, 0) is 43.8 Å². The van der Waals surface area contributed by atoms with E-state index in [0.29, 0.717) is 9.92 Å². The molecule has 0 amide bonds. The molecule has 0 aliphatic heterocycles. The van der Waals surface area contributed by atoms with E-state index < -0.39 is 0 Å². The molecule has 2 nitrogen and oxygen atoms in total. The van der Waals surface area contributed by atoms with Gasteiger partial charge in [0.15, 0.2) is 0 Å². The van der Waals surface area contributed by atoms with E-state index in [1.807, 2.05) is 20.0 Å². The van der Waals surface area contributed by atoms with Gasteiger partial charge in [-0.25, -0.2) is 9.37 Å². The number of rotatable bonds is 4. The molecule has 1 atom stereocenters. The number of halogens is 2. The highest BCUT2D eigenvalue weighted by molar-refractivity contribution is 7.99. The number of nitrogens with one attached hydrogen (secondary N) is 1. The summed E-state index contributed by atoms with van der Waals surface area (Å²) in [4.78, 5) is 4.70. The van der Waals surface area contributed by atoms with Crippen molar-refractivity contribution in [2.75, 3.05) is 7.05 Å². The average Bonchev–Trinajstić information content (AvgIpc) is 2.42. The number of pyridine rings is 1. The third-order valence-electron chi connectivity index (χ3n) is 2.80. The summed E-state index contributed by atoms with van der Waals surface area (Å²) in [6.45, 7) is 1.99. The fourth-order valence-electron chi connectivity index (χ4n) is 1.57. The molecule has 0 spiro atoms. The molecule has 2 rings (SSSR count). The van der Waals surface area contributed by atoms with Crippen molar-refractivity contribution in [1.29, 1.82) is 0 Å². The summed E-state index contributed by atoms with van der Waals surface area (Å²) >= 11 is 7.05. The number of hydrogen-bond acceptors (Lipinski definition) is 3. The first-order chi connectivity index (χ1) is 9.10. The third kappa shape index (κ3) is 3.69. The zero-order chi connectivity index (χ0) is 13.8. The van der Waals surface area contributed by atoms with Gasteiger partial charge in [0.05, 0.1) is 5.02 Å². The highest BCUT2D eigenvalue weighted by atomic mass is 35.5. The molecule has 1 aromatic carbocycles. The predicted octanol–water partition coefficient (Wildman–Crippen LogP) is 4.31. The van der Waals surface area contributed by atoms with E-state index in [0.717, 1.165) is 10.6 Å². The number of benzene rings is 1. The lowest BCUT2D eigenvalue weighted by Gasteiger charge is -2.11. The van der Waals surface area contributed by atoms with Crippen LogP contribution in [-0.2, 0) is 0 Å². The van der Waals surface area contributed by atoms with Gasteiger partial charge in [0, 0.05) is 17.1 Å². The second-order valence-corrected chi connectivity index (χ2v) is 5.62. The molecular formula is C14H14ClFN2S. The van der Waals surface area contributed by atoms with Gasteiger partial charge in [-0.15, -0.1) is 0 Å². The molecule has 2 aromatic rings. The maximum absolute atomic E-state index is 14.0. The monoisotopic (exact) mass is 296 g/mol. The van der Waals surface area contributed by atoms with Gasteiger partial charge in [-0.3, -0.25) is 0 Å². The minimum atomic E-state index is -0.235. The summed E-state index contributed by atoms with van der Waals surface area (Å²) in [5, 5.41) is 4.38. The molecule has 0 bridgehead atoms. The SMILES string of the molecule is CNC(C)c1ccc(Sc2ccc(Cl)cn2)c(F)c1. The van der Waals surface area contributed by atoms with Gasteiger partial charge in [0.25, 0.3) is 0 Å². The molecule has 0 aliphatic carbocycles. The summed E-state index contributed by atoms with van der Waals surface area (Å²) in [7, 11) is 1.85. The van der Waals surface area contributed by atoms with E-state index in [4.69, 9.17) is 11.6 Å². The molecule has 1 heterocycles. The summed E-state index contributed by atoms with van der Waals surface area (Å²) < 4.78 is 14.0.